The maximum Gasteiger partial charge on any atom is 0.247 e. The van der Waals surface area contributed by atoms with Crippen LogP contribution in [0.1, 0.15) is 10.9 Å². The molecule has 1 N–H and O–H groups in total. The van der Waals surface area contributed by atoms with Crippen LogP contribution in [0.15, 0.2) is 51.4 Å². The SMILES string of the molecule is COc1cc(NC(=O)C(Cl)c2ccccc2)c(Br)cc1Br. The molecule has 0 bridgehead atoms. The summed E-state index contributed by atoms with van der Waals surface area (Å²) in [5, 5.41) is 2.04. The number of alkyl halides is 1. The van der Waals surface area contributed by atoms with Crippen molar-refractivity contribution in [1.29, 1.82) is 0 Å². The summed E-state index contributed by atoms with van der Waals surface area (Å²) in [6.07, 6.45) is 0. The molecular weight excluding hydrogens is 421 g/mol. The maximum atomic E-state index is 12.2. The maximum absolute atomic E-state index is 12.2. The molecule has 2 rings (SSSR count). The number of hydrogen-bond donors (Lipinski definition) is 1. The number of hydrogen-bond acceptors (Lipinski definition) is 2. The molecular formula is C15H12Br2ClNO2. The van der Waals surface area contributed by atoms with Crippen LogP contribution in [0.25, 0.3) is 0 Å². The van der Waals surface area contributed by atoms with Gasteiger partial charge in [0.05, 0.1) is 17.3 Å². The van der Waals surface area contributed by atoms with E-state index in [1.807, 2.05) is 30.3 Å². The van der Waals surface area contributed by atoms with E-state index >= 15 is 0 Å². The Morgan fingerprint density at radius 3 is 2.48 bits per heavy atom. The zero-order valence-electron chi connectivity index (χ0n) is 11.1. The molecule has 3 nitrogen and oxygen atoms in total. The Morgan fingerprint density at radius 1 is 1.19 bits per heavy atom. The summed E-state index contributed by atoms with van der Waals surface area (Å²) >= 11 is 13.0. The summed E-state index contributed by atoms with van der Waals surface area (Å²) < 4.78 is 6.74. The van der Waals surface area contributed by atoms with Crippen LogP contribution in [-0.2, 0) is 4.79 Å². The summed E-state index contributed by atoms with van der Waals surface area (Å²) in [4.78, 5) is 12.2. The lowest BCUT2D eigenvalue weighted by atomic mass is 10.1. The average molecular weight is 434 g/mol. The van der Waals surface area contributed by atoms with Crippen molar-refractivity contribution in [3.05, 3.63) is 57.0 Å². The second kappa shape index (κ2) is 7.29. The number of anilines is 1. The Morgan fingerprint density at radius 2 is 1.86 bits per heavy atom. The minimum absolute atomic E-state index is 0.298. The quantitative estimate of drug-likeness (QED) is 0.678. The van der Waals surface area contributed by atoms with Crippen LogP contribution in [0.5, 0.6) is 5.75 Å². The van der Waals surface area contributed by atoms with E-state index in [4.69, 9.17) is 16.3 Å². The van der Waals surface area contributed by atoms with Crippen molar-refractivity contribution in [1.82, 2.24) is 0 Å². The van der Waals surface area contributed by atoms with Crippen molar-refractivity contribution >= 4 is 55.1 Å². The molecule has 110 valence electrons. The van der Waals surface area contributed by atoms with Gasteiger partial charge in [0.2, 0.25) is 5.91 Å². The van der Waals surface area contributed by atoms with E-state index in [-0.39, 0.29) is 5.91 Å². The van der Waals surface area contributed by atoms with Crippen LogP contribution >= 0.6 is 43.5 Å². The molecule has 2 aromatic carbocycles. The first-order chi connectivity index (χ1) is 10.0. The summed E-state index contributed by atoms with van der Waals surface area (Å²) in [5.74, 6) is 0.326. The molecule has 0 saturated carbocycles. The Labute approximate surface area is 144 Å². The fourth-order valence-electron chi connectivity index (χ4n) is 1.75. The number of benzene rings is 2. The zero-order valence-corrected chi connectivity index (χ0v) is 15.0. The Kier molecular flexibility index (Phi) is 5.67. The van der Waals surface area contributed by atoms with Gasteiger partial charge in [0, 0.05) is 10.5 Å². The highest BCUT2D eigenvalue weighted by Gasteiger charge is 2.19. The van der Waals surface area contributed by atoms with E-state index in [9.17, 15) is 4.79 Å². The molecule has 1 amide bonds. The number of halogens is 3. The van der Waals surface area contributed by atoms with Crippen LogP contribution < -0.4 is 10.1 Å². The van der Waals surface area contributed by atoms with Crippen LogP contribution in [0, 0.1) is 0 Å². The Hall–Kier alpha value is -1.04. The topological polar surface area (TPSA) is 38.3 Å². The first kappa shape index (κ1) is 16.3. The second-order valence-electron chi connectivity index (χ2n) is 4.23. The predicted octanol–water partition coefficient (Wildman–Crippen LogP) is 5.14. The third-order valence-electron chi connectivity index (χ3n) is 2.82. The van der Waals surface area contributed by atoms with Crippen LogP contribution in [0.4, 0.5) is 5.69 Å². The van der Waals surface area contributed by atoms with Crippen molar-refractivity contribution in [2.45, 2.75) is 5.38 Å². The van der Waals surface area contributed by atoms with E-state index < -0.39 is 5.38 Å². The van der Waals surface area contributed by atoms with E-state index in [1.54, 1.807) is 19.2 Å². The van der Waals surface area contributed by atoms with E-state index in [0.717, 1.165) is 14.5 Å². The first-order valence-electron chi connectivity index (χ1n) is 6.06. The molecule has 2 aromatic rings. The fourth-order valence-corrected chi connectivity index (χ4v) is 3.21. The second-order valence-corrected chi connectivity index (χ2v) is 6.37. The molecule has 0 aliphatic carbocycles. The van der Waals surface area contributed by atoms with Gasteiger partial charge in [-0.2, -0.15) is 0 Å². The van der Waals surface area contributed by atoms with Gasteiger partial charge in [-0.15, -0.1) is 11.6 Å². The largest absolute Gasteiger partial charge is 0.495 e. The third-order valence-corrected chi connectivity index (χ3v) is 4.55. The number of ether oxygens (including phenoxy) is 1. The van der Waals surface area contributed by atoms with Crippen molar-refractivity contribution in [3.63, 3.8) is 0 Å². The Bertz CT molecular complexity index is 650. The monoisotopic (exact) mass is 431 g/mol. The lowest BCUT2D eigenvalue weighted by molar-refractivity contribution is -0.116. The fraction of sp³-hybridized carbons (Fsp3) is 0.133. The molecule has 21 heavy (non-hydrogen) atoms. The standard InChI is InChI=1S/C15H12Br2ClNO2/c1-21-13-8-12(10(16)7-11(13)17)19-15(20)14(18)9-5-3-2-4-6-9/h2-8,14H,1H3,(H,19,20). The first-order valence-corrected chi connectivity index (χ1v) is 8.08. The molecule has 0 heterocycles. The van der Waals surface area contributed by atoms with Gasteiger partial charge in [-0.3, -0.25) is 4.79 Å². The minimum Gasteiger partial charge on any atom is -0.495 e. The highest BCUT2D eigenvalue weighted by Crippen LogP contribution is 2.35. The molecule has 1 atom stereocenters. The van der Waals surface area contributed by atoms with E-state index in [0.29, 0.717) is 11.4 Å². The summed E-state index contributed by atoms with van der Waals surface area (Å²) in [6, 6.07) is 12.7. The smallest absolute Gasteiger partial charge is 0.247 e. The van der Waals surface area contributed by atoms with Crippen LogP contribution in [0.3, 0.4) is 0 Å². The predicted molar refractivity (Wildman–Crippen MR) is 92.1 cm³/mol. The number of rotatable bonds is 4. The van der Waals surface area contributed by atoms with Gasteiger partial charge < -0.3 is 10.1 Å². The van der Waals surface area contributed by atoms with Gasteiger partial charge in [-0.25, -0.2) is 0 Å². The molecule has 0 radical (unpaired) electrons. The lowest BCUT2D eigenvalue weighted by Gasteiger charge is -2.14. The summed E-state index contributed by atoms with van der Waals surface area (Å²) in [7, 11) is 1.56. The summed E-state index contributed by atoms with van der Waals surface area (Å²) in [5.41, 5.74) is 1.35. The summed E-state index contributed by atoms with van der Waals surface area (Å²) in [6.45, 7) is 0. The third kappa shape index (κ3) is 3.99. The van der Waals surface area contributed by atoms with Crippen molar-refractivity contribution < 1.29 is 9.53 Å². The van der Waals surface area contributed by atoms with E-state index in [2.05, 4.69) is 37.2 Å². The van der Waals surface area contributed by atoms with Gasteiger partial charge in [0.15, 0.2) is 0 Å². The van der Waals surface area contributed by atoms with Gasteiger partial charge in [-0.1, -0.05) is 30.3 Å². The number of carbonyl (C=O) groups excluding carboxylic acids is 1. The van der Waals surface area contributed by atoms with Gasteiger partial charge >= 0.3 is 0 Å². The molecule has 1 unspecified atom stereocenters. The molecule has 0 aliphatic rings. The molecule has 0 aliphatic heterocycles. The number of methoxy groups -OCH3 is 1. The average Bonchev–Trinajstić information content (AvgIpc) is 2.50. The van der Waals surface area contributed by atoms with Gasteiger partial charge in [0.1, 0.15) is 11.1 Å². The van der Waals surface area contributed by atoms with Crippen molar-refractivity contribution in [2.75, 3.05) is 12.4 Å². The molecule has 0 saturated heterocycles. The number of amides is 1. The molecule has 0 spiro atoms. The highest BCUT2D eigenvalue weighted by atomic mass is 79.9. The minimum atomic E-state index is -0.757. The van der Waals surface area contributed by atoms with Crippen LogP contribution in [0.2, 0.25) is 0 Å². The van der Waals surface area contributed by atoms with Crippen molar-refractivity contribution in [3.8, 4) is 5.75 Å². The Balaban J connectivity index is 2.20. The molecule has 6 heteroatoms. The number of nitrogens with one attached hydrogen (secondary N) is 1. The number of carbonyl (C=O) groups is 1. The highest BCUT2D eigenvalue weighted by molar-refractivity contribution is 9.11. The van der Waals surface area contributed by atoms with Crippen molar-refractivity contribution in [2.24, 2.45) is 0 Å². The van der Waals surface area contributed by atoms with E-state index in [1.165, 1.54) is 0 Å². The molecule has 0 aromatic heterocycles. The molecule has 0 fully saturated rings. The van der Waals surface area contributed by atoms with Gasteiger partial charge in [0.25, 0.3) is 0 Å². The lowest BCUT2D eigenvalue weighted by Crippen LogP contribution is -2.17. The zero-order chi connectivity index (χ0) is 15.4. The van der Waals surface area contributed by atoms with Crippen LogP contribution in [-0.4, -0.2) is 13.0 Å². The normalized spacial score (nSPS) is 11.8. The van der Waals surface area contributed by atoms with Gasteiger partial charge in [-0.05, 0) is 43.5 Å².